The fraction of sp³-hybridized carbons (Fsp3) is 0.440. The average Bonchev–Trinajstić information content (AvgIpc) is 2.73. The fourth-order valence-corrected chi connectivity index (χ4v) is 3.88. The van der Waals surface area contributed by atoms with E-state index in [1.54, 1.807) is 4.90 Å². The van der Waals surface area contributed by atoms with E-state index in [0.717, 1.165) is 16.7 Å². The van der Waals surface area contributed by atoms with Gasteiger partial charge in [-0.25, -0.2) is 0 Å². The van der Waals surface area contributed by atoms with E-state index in [9.17, 15) is 9.59 Å². The molecule has 1 aliphatic rings. The summed E-state index contributed by atoms with van der Waals surface area (Å²) in [6.07, 6.45) is 0.411. The number of ether oxygens (including phenoxy) is 1. The SMILES string of the molecule is CC(C)NC(=O)C1(Cc2cccc(-c3ccccc3)c2)CN(C(=O)C(C)C)CCO1. The number of amides is 2. The van der Waals surface area contributed by atoms with Crippen LogP contribution in [-0.2, 0) is 20.7 Å². The number of hydrogen-bond donors (Lipinski definition) is 1. The van der Waals surface area contributed by atoms with Crippen molar-refractivity contribution < 1.29 is 14.3 Å². The van der Waals surface area contributed by atoms with Gasteiger partial charge in [0.05, 0.1) is 13.2 Å². The Morgan fingerprint density at radius 1 is 1.03 bits per heavy atom. The molecule has 1 fully saturated rings. The molecule has 2 aromatic carbocycles. The van der Waals surface area contributed by atoms with Gasteiger partial charge in [-0.05, 0) is 30.5 Å². The maximum Gasteiger partial charge on any atom is 0.254 e. The zero-order valence-corrected chi connectivity index (χ0v) is 18.4. The molecule has 1 N–H and O–H groups in total. The van der Waals surface area contributed by atoms with Gasteiger partial charge in [-0.2, -0.15) is 0 Å². The highest BCUT2D eigenvalue weighted by Gasteiger charge is 2.45. The van der Waals surface area contributed by atoms with Crippen molar-refractivity contribution in [1.29, 1.82) is 0 Å². The fourth-order valence-electron chi connectivity index (χ4n) is 3.88. The molecule has 5 nitrogen and oxygen atoms in total. The molecule has 0 radical (unpaired) electrons. The van der Waals surface area contributed by atoms with E-state index in [0.29, 0.717) is 19.6 Å². The van der Waals surface area contributed by atoms with Crippen molar-refractivity contribution in [2.75, 3.05) is 19.7 Å². The first kappa shape index (κ1) is 22.0. The second-order valence-corrected chi connectivity index (χ2v) is 8.63. The van der Waals surface area contributed by atoms with Crippen molar-refractivity contribution >= 4 is 11.8 Å². The van der Waals surface area contributed by atoms with Crippen LogP contribution in [0.4, 0.5) is 0 Å². The lowest BCUT2D eigenvalue weighted by atomic mass is 9.89. The lowest BCUT2D eigenvalue weighted by Gasteiger charge is -2.42. The van der Waals surface area contributed by atoms with Crippen LogP contribution in [0.25, 0.3) is 11.1 Å². The Kier molecular flexibility index (Phi) is 6.93. The van der Waals surface area contributed by atoms with Crippen LogP contribution in [0, 0.1) is 5.92 Å². The standard InChI is InChI=1S/C25H32N2O3/c1-18(2)23(28)27-13-14-30-25(17-27,24(29)26-19(3)4)16-20-9-8-12-22(15-20)21-10-6-5-7-11-21/h5-12,15,18-19H,13-14,16-17H2,1-4H3,(H,26,29). The Morgan fingerprint density at radius 3 is 2.40 bits per heavy atom. The Hall–Kier alpha value is -2.66. The van der Waals surface area contributed by atoms with Crippen LogP contribution < -0.4 is 5.32 Å². The number of carbonyl (C=O) groups excluding carboxylic acids is 2. The van der Waals surface area contributed by atoms with Gasteiger partial charge in [0.2, 0.25) is 5.91 Å². The summed E-state index contributed by atoms with van der Waals surface area (Å²) < 4.78 is 6.13. The highest BCUT2D eigenvalue weighted by Crippen LogP contribution is 2.28. The molecule has 160 valence electrons. The summed E-state index contributed by atoms with van der Waals surface area (Å²) >= 11 is 0. The minimum absolute atomic E-state index is 0.00944. The molecule has 1 unspecified atom stereocenters. The molecular formula is C25H32N2O3. The smallest absolute Gasteiger partial charge is 0.254 e. The molecule has 1 heterocycles. The number of rotatable bonds is 6. The monoisotopic (exact) mass is 408 g/mol. The first-order valence-corrected chi connectivity index (χ1v) is 10.7. The van der Waals surface area contributed by atoms with Crippen molar-refractivity contribution in [3.05, 3.63) is 60.2 Å². The normalized spacial score (nSPS) is 19.2. The first-order chi connectivity index (χ1) is 14.3. The molecule has 30 heavy (non-hydrogen) atoms. The number of morpholine rings is 1. The van der Waals surface area contributed by atoms with Crippen LogP contribution in [-0.4, -0.2) is 48.1 Å². The van der Waals surface area contributed by atoms with Crippen LogP contribution in [0.1, 0.15) is 33.3 Å². The van der Waals surface area contributed by atoms with Gasteiger partial charge in [0.15, 0.2) is 5.60 Å². The number of benzene rings is 2. The maximum absolute atomic E-state index is 13.3. The average molecular weight is 409 g/mol. The molecule has 0 bridgehead atoms. The third kappa shape index (κ3) is 5.08. The summed E-state index contributed by atoms with van der Waals surface area (Å²) in [5, 5.41) is 3.01. The summed E-state index contributed by atoms with van der Waals surface area (Å²) in [5.41, 5.74) is 2.14. The van der Waals surface area contributed by atoms with Gasteiger partial charge in [-0.15, -0.1) is 0 Å². The van der Waals surface area contributed by atoms with Crippen LogP contribution in [0.2, 0.25) is 0 Å². The molecule has 2 aromatic rings. The molecule has 1 atom stereocenters. The Bertz CT molecular complexity index is 879. The van der Waals surface area contributed by atoms with Gasteiger partial charge >= 0.3 is 0 Å². The van der Waals surface area contributed by atoms with Crippen molar-refractivity contribution in [3.8, 4) is 11.1 Å². The predicted molar refractivity (Wildman–Crippen MR) is 119 cm³/mol. The molecule has 5 heteroatoms. The van der Waals surface area contributed by atoms with Crippen molar-refractivity contribution in [3.63, 3.8) is 0 Å². The Balaban J connectivity index is 1.92. The summed E-state index contributed by atoms with van der Waals surface area (Å²) in [6.45, 7) is 8.76. The molecule has 1 saturated heterocycles. The third-order valence-corrected chi connectivity index (χ3v) is 5.35. The molecule has 0 spiro atoms. The summed E-state index contributed by atoms with van der Waals surface area (Å²) in [4.78, 5) is 27.7. The molecular weight excluding hydrogens is 376 g/mol. The van der Waals surface area contributed by atoms with E-state index in [-0.39, 0.29) is 30.3 Å². The maximum atomic E-state index is 13.3. The van der Waals surface area contributed by atoms with Crippen LogP contribution in [0.15, 0.2) is 54.6 Å². The van der Waals surface area contributed by atoms with Gasteiger partial charge < -0.3 is 15.0 Å². The second kappa shape index (κ2) is 9.43. The number of hydrogen-bond acceptors (Lipinski definition) is 3. The highest BCUT2D eigenvalue weighted by molar-refractivity contribution is 5.88. The van der Waals surface area contributed by atoms with Gasteiger partial charge in [-0.1, -0.05) is 68.4 Å². The molecule has 0 saturated carbocycles. The zero-order valence-electron chi connectivity index (χ0n) is 18.4. The quantitative estimate of drug-likeness (QED) is 0.793. The topological polar surface area (TPSA) is 58.6 Å². The molecule has 0 aliphatic carbocycles. The summed E-state index contributed by atoms with van der Waals surface area (Å²) in [5.74, 6) is -0.225. The Labute approximate surface area is 179 Å². The van der Waals surface area contributed by atoms with E-state index in [1.807, 2.05) is 58.0 Å². The van der Waals surface area contributed by atoms with Crippen molar-refractivity contribution in [2.24, 2.45) is 5.92 Å². The third-order valence-electron chi connectivity index (χ3n) is 5.35. The first-order valence-electron chi connectivity index (χ1n) is 10.7. The Morgan fingerprint density at radius 2 is 1.73 bits per heavy atom. The minimum atomic E-state index is -1.09. The number of nitrogens with zero attached hydrogens (tertiary/aromatic N) is 1. The zero-order chi connectivity index (χ0) is 21.7. The van der Waals surface area contributed by atoms with Crippen LogP contribution >= 0.6 is 0 Å². The molecule has 2 amide bonds. The number of nitrogens with one attached hydrogen (secondary N) is 1. The summed E-state index contributed by atoms with van der Waals surface area (Å²) in [7, 11) is 0. The van der Waals surface area contributed by atoms with Crippen molar-refractivity contribution in [2.45, 2.75) is 45.8 Å². The van der Waals surface area contributed by atoms with E-state index in [2.05, 4.69) is 29.6 Å². The lowest BCUT2D eigenvalue weighted by molar-refractivity contribution is -0.167. The largest absolute Gasteiger partial charge is 0.361 e. The predicted octanol–water partition coefficient (Wildman–Crippen LogP) is 3.67. The molecule has 0 aromatic heterocycles. The van der Waals surface area contributed by atoms with Crippen LogP contribution in [0.5, 0.6) is 0 Å². The second-order valence-electron chi connectivity index (χ2n) is 8.63. The van der Waals surface area contributed by atoms with Gasteiger partial charge in [0.1, 0.15) is 0 Å². The lowest BCUT2D eigenvalue weighted by Crippen LogP contribution is -2.63. The van der Waals surface area contributed by atoms with Crippen molar-refractivity contribution in [1.82, 2.24) is 10.2 Å². The van der Waals surface area contributed by atoms with Gasteiger partial charge in [0.25, 0.3) is 5.91 Å². The van der Waals surface area contributed by atoms with Gasteiger partial charge in [-0.3, -0.25) is 9.59 Å². The molecule has 1 aliphatic heterocycles. The van der Waals surface area contributed by atoms with E-state index < -0.39 is 5.60 Å². The van der Waals surface area contributed by atoms with Crippen LogP contribution in [0.3, 0.4) is 0 Å². The number of carbonyl (C=O) groups is 2. The van der Waals surface area contributed by atoms with Gasteiger partial charge in [0, 0.05) is 24.9 Å². The van der Waals surface area contributed by atoms with E-state index >= 15 is 0 Å². The minimum Gasteiger partial charge on any atom is -0.361 e. The molecule has 3 rings (SSSR count). The summed E-state index contributed by atoms with van der Waals surface area (Å²) in [6, 6.07) is 18.3. The van der Waals surface area contributed by atoms with E-state index in [4.69, 9.17) is 4.74 Å². The highest BCUT2D eigenvalue weighted by atomic mass is 16.5. The van der Waals surface area contributed by atoms with E-state index in [1.165, 1.54) is 0 Å².